The van der Waals surface area contributed by atoms with Crippen molar-refractivity contribution in [2.45, 2.75) is 50.9 Å². The van der Waals surface area contributed by atoms with Gasteiger partial charge in [0, 0.05) is 25.2 Å². The van der Waals surface area contributed by atoms with E-state index >= 15 is 0 Å². The first kappa shape index (κ1) is 17.1. The van der Waals surface area contributed by atoms with Gasteiger partial charge in [-0.05, 0) is 61.1 Å². The summed E-state index contributed by atoms with van der Waals surface area (Å²) in [7, 11) is 0. The van der Waals surface area contributed by atoms with Crippen molar-refractivity contribution in [1.82, 2.24) is 10.6 Å². The zero-order chi connectivity index (χ0) is 16.8. The average Bonchev–Trinajstić information content (AvgIpc) is 2.62. The van der Waals surface area contributed by atoms with Crippen LogP contribution in [0, 0.1) is 11.6 Å². The monoisotopic (exact) mass is 330 g/mol. The minimum absolute atomic E-state index is 0.188. The Morgan fingerprint density at radius 1 is 0.625 bits per heavy atom. The number of nitrogens with one attached hydrogen (secondary N) is 2. The molecule has 1 saturated carbocycles. The Morgan fingerprint density at radius 2 is 0.958 bits per heavy atom. The molecular formula is C20H24F2N2. The smallest absolute Gasteiger partial charge is 0.123 e. The first-order valence-electron chi connectivity index (χ1n) is 8.65. The van der Waals surface area contributed by atoms with E-state index in [1.165, 1.54) is 24.3 Å². The highest BCUT2D eigenvalue weighted by Crippen LogP contribution is 2.19. The molecule has 0 saturated heterocycles. The predicted octanol–water partition coefficient (Wildman–Crippen LogP) is 4.16. The van der Waals surface area contributed by atoms with Crippen molar-refractivity contribution in [1.29, 1.82) is 0 Å². The standard InChI is InChI=1S/C20H24F2N2/c21-17-5-1-15(2-6-17)13-23-19-9-11-20(12-10-19)24-14-16-3-7-18(22)8-4-16/h1-8,19-20,23-24H,9-14H2. The van der Waals surface area contributed by atoms with E-state index in [9.17, 15) is 8.78 Å². The highest BCUT2D eigenvalue weighted by molar-refractivity contribution is 5.16. The van der Waals surface area contributed by atoms with Crippen LogP contribution in [-0.2, 0) is 13.1 Å². The summed E-state index contributed by atoms with van der Waals surface area (Å²) in [4.78, 5) is 0. The molecule has 128 valence electrons. The average molecular weight is 330 g/mol. The molecule has 0 aromatic heterocycles. The lowest BCUT2D eigenvalue weighted by atomic mass is 9.91. The number of rotatable bonds is 6. The largest absolute Gasteiger partial charge is 0.310 e. The van der Waals surface area contributed by atoms with Crippen LogP contribution < -0.4 is 10.6 Å². The van der Waals surface area contributed by atoms with Crippen LogP contribution in [0.3, 0.4) is 0 Å². The number of benzene rings is 2. The third-order valence-corrected chi connectivity index (χ3v) is 4.74. The lowest BCUT2D eigenvalue weighted by Crippen LogP contribution is -2.39. The maximum atomic E-state index is 12.9. The topological polar surface area (TPSA) is 24.1 Å². The molecule has 0 spiro atoms. The summed E-state index contributed by atoms with van der Waals surface area (Å²) < 4.78 is 25.8. The molecule has 0 heterocycles. The Bertz CT molecular complexity index is 560. The van der Waals surface area contributed by atoms with Crippen LogP contribution in [-0.4, -0.2) is 12.1 Å². The molecule has 3 rings (SSSR count). The van der Waals surface area contributed by atoms with Crippen LogP contribution in [0.1, 0.15) is 36.8 Å². The third kappa shape index (κ3) is 5.11. The van der Waals surface area contributed by atoms with Gasteiger partial charge in [0.2, 0.25) is 0 Å². The molecule has 0 atom stereocenters. The van der Waals surface area contributed by atoms with Gasteiger partial charge in [0.05, 0.1) is 0 Å². The highest BCUT2D eigenvalue weighted by atomic mass is 19.1. The van der Waals surface area contributed by atoms with Gasteiger partial charge in [0.1, 0.15) is 11.6 Å². The summed E-state index contributed by atoms with van der Waals surface area (Å²) in [5, 5.41) is 7.13. The van der Waals surface area contributed by atoms with E-state index in [4.69, 9.17) is 0 Å². The summed E-state index contributed by atoms with van der Waals surface area (Å²) in [5.41, 5.74) is 2.24. The maximum Gasteiger partial charge on any atom is 0.123 e. The molecule has 0 aliphatic heterocycles. The fourth-order valence-electron chi connectivity index (χ4n) is 3.23. The summed E-state index contributed by atoms with van der Waals surface area (Å²) in [6, 6.07) is 14.4. The molecule has 0 radical (unpaired) electrons. The molecule has 4 heteroatoms. The van der Waals surface area contributed by atoms with Crippen molar-refractivity contribution < 1.29 is 8.78 Å². The lowest BCUT2D eigenvalue weighted by Gasteiger charge is -2.30. The Morgan fingerprint density at radius 3 is 1.29 bits per heavy atom. The maximum absolute atomic E-state index is 12.9. The van der Waals surface area contributed by atoms with Gasteiger partial charge in [0.25, 0.3) is 0 Å². The highest BCUT2D eigenvalue weighted by Gasteiger charge is 2.20. The SMILES string of the molecule is Fc1ccc(CNC2CCC(NCc3ccc(F)cc3)CC2)cc1. The summed E-state index contributed by atoms with van der Waals surface area (Å²) in [6.45, 7) is 1.58. The quantitative estimate of drug-likeness (QED) is 0.831. The fraction of sp³-hybridized carbons (Fsp3) is 0.400. The second-order valence-corrected chi connectivity index (χ2v) is 6.56. The summed E-state index contributed by atoms with van der Waals surface area (Å²) in [6.07, 6.45) is 4.56. The number of hydrogen-bond donors (Lipinski definition) is 2. The predicted molar refractivity (Wildman–Crippen MR) is 92.5 cm³/mol. The van der Waals surface area contributed by atoms with Crippen molar-refractivity contribution >= 4 is 0 Å². The minimum atomic E-state index is -0.188. The zero-order valence-corrected chi connectivity index (χ0v) is 13.8. The van der Waals surface area contributed by atoms with E-state index in [2.05, 4.69) is 10.6 Å². The van der Waals surface area contributed by atoms with E-state index in [-0.39, 0.29) is 11.6 Å². The molecule has 0 amide bonds. The molecule has 0 unspecified atom stereocenters. The van der Waals surface area contributed by atoms with Gasteiger partial charge >= 0.3 is 0 Å². The van der Waals surface area contributed by atoms with Crippen LogP contribution in [0.25, 0.3) is 0 Å². The van der Waals surface area contributed by atoms with Crippen LogP contribution in [0.15, 0.2) is 48.5 Å². The van der Waals surface area contributed by atoms with Crippen LogP contribution in [0.5, 0.6) is 0 Å². The van der Waals surface area contributed by atoms with E-state index in [1.807, 2.05) is 24.3 Å². The molecule has 24 heavy (non-hydrogen) atoms. The second-order valence-electron chi connectivity index (χ2n) is 6.56. The van der Waals surface area contributed by atoms with Crippen molar-refractivity contribution in [3.05, 3.63) is 71.3 Å². The van der Waals surface area contributed by atoms with Gasteiger partial charge in [-0.15, -0.1) is 0 Å². The van der Waals surface area contributed by atoms with Gasteiger partial charge < -0.3 is 10.6 Å². The van der Waals surface area contributed by atoms with E-state index in [0.29, 0.717) is 12.1 Å². The first-order valence-corrected chi connectivity index (χ1v) is 8.65. The van der Waals surface area contributed by atoms with E-state index < -0.39 is 0 Å². The molecular weight excluding hydrogens is 306 g/mol. The third-order valence-electron chi connectivity index (χ3n) is 4.74. The van der Waals surface area contributed by atoms with Gasteiger partial charge in [-0.3, -0.25) is 0 Å². The molecule has 2 aromatic rings. The molecule has 2 aromatic carbocycles. The van der Waals surface area contributed by atoms with Gasteiger partial charge in [-0.25, -0.2) is 8.78 Å². The summed E-state index contributed by atoms with van der Waals surface area (Å²) >= 11 is 0. The Balaban J connectivity index is 1.36. The van der Waals surface area contributed by atoms with Crippen molar-refractivity contribution in [3.8, 4) is 0 Å². The first-order chi connectivity index (χ1) is 11.7. The van der Waals surface area contributed by atoms with E-state index in [1.54, 1.807) is 0 Å². The number of hydrogen-bond acceptors (Lipinski definition) is 2. The molecule has 1 aliphatic carbocycles. The number of halogens is 2. The molecule has 1 aliphatic rings. The molecule has 0 bridgehead atoms. The second kappa shape index (κ2) is 8.36. The van der Waals surface area contributed by atoms with Crippen molar-refractivity contribution in [2.24, 2.45) is 0 Å². The van der Waals surface area contributed by atoms with Crippen LogP contribution >= 0.6 is 0 Å². The molecule has 2 nitrogen and oxygen atoms in total. The van der Waals surface area contributed by atoms with Gasteiger partial charge in [-0.2, -0.15) is 0 Å². The van der Waals surface area contributed by atoms with Gasteiger partial charge in [-0.1, -0.05) is 24.3 Å². The fourth-order valence-corrected chi connectivity index (χ4v) is 3.23. The molecule has 1 fully saturated rings. The van der Waals surface area contributed by atoms with Crippen LogP contribution in [0.4, 0.5) is 8.78 Å². The summed E-state index contributed by atoms with van der Waals surface area (Å²) in [5.74, 6) is -0.377. The Hall–Kier alpha value is -1.78. The van der Waals surface area contributed by atoms with E-state index in [0.717, 1.165) is 49.9 Å². The van der Waals surface area contributed by atoms with Gasteiger partial charge in [0.15, 0.2) is 0 Å². The zero-order valence-electron chi connectivity index (χ0n) is 13.8. The Labute approximate surface area is 142 Å². The van der Waals surface area contributed by atoms with Crippen molar-refractivity contribution in [3.63, 3.8) is 0 Å². The van der Waals surface area contributed by atoms with Crippen molar-refractivity contribution in [2.75, 3.05) is 0 Å². The molecule has 2 N–H and O–H groups in total. The van der Waals surface area contributed by atoms with Crippen LogP contribution in [0.2, 0.25) is 0 Å². The Kier molecular flexibility index (Phi) is 5.94. The minimum Gasteiger partial charge on any atom is -0.310 e. The normalized spacial score (nSPS) is 20.9. The lowest BCUT2D eigenvalue weighted by molar-refractivity contribution is 0.305.